The van der Waals surface area contributed by atoms with Gasteiger partial charge in [-0.05, 0) is 22.8 Å². The zero-order valence-corrected chi connectivity index (χ0v) is 13.1. The maximum absolute atomic E-state index is 12.5. The van der Waals surface area contributed by atoms with Gasteiger partial charge < -0.3 is 5.11 Å². The average Bonchev–Trinajstić information content (AvgIpc) is 2.59. The Bertz CT molecular complexity index is 774. The van der Waals surface area contributed by atoms with E-state index >= 15 is 0 Å². The maximum atomic E-state index is 12.5. The highest BCUT2D eigenvalue weighted by molar-refractivity contribution is 6.32. The Hall–Kier alpha value is -2.58. The molecule has 0 atom stereocenters. The Balaban J connectivity index is 2.42. The Morgan fingerprint density at radius 3 is 1.61 bits per heavy atom. The van der Waals surface area contributed by atoms with Gasteiger partial charge in [0.15, 0.2) is 0 Å². The normalized spacial score (nSPS) is 11.2. The molecule has 3 aromatic carbocycles. The van der Waals surface area contributed by atoms with Gasteiger partial charge in [0.25, 0.3) is 0 Å². The molecule has 3 aromatic rings. The smallest absolute Gasteiger partial charge is 0.323 e. The van der Waals surface area contributed by atoms with Gasteiger partial charge in [0.2, 0.25) is 0 Å². The molecule has 0 aliphatic rings. The van der Waals surface area contributed by atoms with Gasteiger partial charge in [0.1, 0.15) is 5.41 Å². The van der Waals surface area contributed by atoms with E-state index < -0.39 is 11.4 Å². The van der Waals surface area contributed by atoms with E-state index in [2.05, 4.69) is 0 Å². The number of carbonyl (C=O) groups is 1. The van der Waals surface area contributed by atoms with Crippen LogP contribution in [0.2, 0.25) is 5.02 Å². The largest absolute Gasteiger partial charge is 0.480 e. The molecule has 0 heterocycles. The first-order chi connectivity index (χ1) is 11.2. The van der Waals surface area contributed by atoms with E-state index in [1.165, 1.54) is 0 Å². The molecule has 2 nitrogen and oxygen atoms in total. The molecule has 0 spiro atoms. The van der Waals surface area contributed by atoms with Crippen LogP contribution >= 0.6 is 11.6 Å². The molecule has 0 saturated carbocycles. The summed E-state index contributed by atoms with van der Waals surface area (Å²) in [6.45, 7) is 0. The molecule has 114 valence electrons. The van der Waals surface area contributed by atoms with Gasteiger partial charge in [-0.2, -0.15) is 0 Å². The summed E-state index contributed by atoms with van der Waals surface area (Å²) in [5.41, 5.74) is 0.561. The molecular formula is C20H15ClO2. The first kappa shape index (κ1) is 15.3. The molecule has 0 aromatic heterocycles. The number of benzene rings is 3. The van der Waals surface area contributed by atoms with Crippen molar-refractivity contribution in [2.75, 3.05) is 0 Å². The molecule has 0 fully saturated rings. The summed E-state index contributed by atoms with van der Waals surface area (Å²) in [6.07, 6.45) is 0. The van der Waals surface area contributed by atoms with Crippen LogP contribution in [0, 0.1) is 0 Å². The van der Waals surface area contributed by atoms with E-state index in [1.54, 1.807) is 18.2 Å². The van der Waals surface area contributed by atoms with Gasteiger partial charge >= 0.3 is 5.97 Å². The van der Waals surface area contributed by atoms with E-state index in [0.717, 1.165) is 0 Å². The summed E-state index contributed by atoms with van der Waals surface area (Å²) in [7, 11) is 0. The fourth-order valence-corrected chi connectivity index (χ4v) is 3.26. The number of carboxylic acid groups (broad SMARTS) is 1. The Labute approximate surface area is 140 Å². The third-order valence-corrected chi connectivity index (χ3v) is 4.34. The Kier molecular flexibility index (Phi) is 4.18. The highest BCUT2D eigenvalue weighted by atomic mass is 35.5. The molecule has 3 heteroatoms. The van der Waals surface area contributed by atoms with Crippen LogP contribution < -0.4 is 0 Å². The first-order valence-corrected chi connectivity index (χ1v) is 7.64. The maximum Gasteiger partial charge on any atom is 0.323 e. The van der Waals surface area contributed by atoms with Crippen LogP contribution in [0.3, 0.4) is 0 Å². The fraction of sp³-hybridized carbons (Fsp3) is 0.0500. The van der Waals surface area contributed by atoms with Gasteiger partial charge in [0.05, 0.1) is 0 Å². The van der Waals surface area contributed by atoms with Crippen molar-refractivity contribution in [1.29, 1.82) is 0 Å². The molecule has 1 N–H and O–H groups in total. The number of aliphatic carboxylic acids is 1. The predicted octanol–water partition coefficient (Wildman–Crippen LogP) is 4.76. The quantitative estimate of drug-likeness (QED) is 0.703. The first-order valence-electron chi connectivity index (χ1n) is 7.27. The van der Waals surface area contributed by atoms with E-state index in [1.807, 2.05) is 66.7 Å². The number of hydrogen-bond donors (Lipinski definition) is 1. The van der Waals surface area contributed by atoms with Crippen molar-refractivity contribution >= 4 is 17.6 Å². The van der Waals surface area contributed by atoms with E-state index in [0.29, 0.717) is 21.7 Å². The molecule has 0 saturated heterocycles. The second-order valence-corrected chi connectivity index (χ2v) is 5.67. The molecule has 0 aliphatic carbocycles. The monoisotopic (exact) mass is 322 g/mol. The minimum atomic E-state index is -1.35. The number of carboxylic acids is 1. The van der Waals surface area contributed by atoms with Crippen molar-refractivity contribution in [2.24, 2.45) is 0 Å². The summed E-state index contributed by atoms with van der Waals surface area (Å²) >= 11 is 6.39. The van der Waals surface area contributed by atoms with E-state index in [9.17, 15) is 9.90 Å². The van der Waals surface area contributed by atoms with Gasteiger partial charge in [-0.25, -0.2) is 0 Å². The lowest BCUT2D eigenvalue weighted by Gasteiger charge is -2.32. The topological polar surface area (TPSA) is 37.3 Å². The number of hydrogen-bond acceptors (Lipinski definition) is 1. The Morgan fingerprint density at radius 2 is 1.17 bits per heavy atom. The fourth-order valence-electron chi connectivity index (χ4n) is 2.98. The molecule has 3 rings (SSSR count). The highest BCUT2D eigenvalue weighted by Crippen LogP contribution is 2.42. The second-order valence-electron chi connectivity index (χ2n) is 5.27. The average molecular weight is 323 g/mol. The van der Waals surface area contributed by atoms with Crippen molar-refractivity contribution in [2.45, 2.75) is 5.41 Å². The van der Waals surface area contributed by atoms with E-state index in [-0.39, 0.29) is 0 Å². The molecule has 0 unspecified atom stereocenters. The van der Waals surface area contributed by atoms with Gasteiger partial charge in [-0.1, -0.05) is 90.5 Å². The van der Waals surface area contributed by atoms with Crippen LogP contribution in [0.4, 0.5) is 0 Å². The van der Waals surface area contributed by atoms with Crippen molar-refractivity contribution < 1.29 is 9.90 Å². The van der Waals surface area contributed by atoms with Crippen LogP contribution in [0.1, 0.15) is 16.7 Å². The summed E-state index contributed by atoms with van der Waals surface area (Å²) in [5.74, 6) is -0.956. The number of halogens is 1. The third-order valence-electron chi connectivity index (χ3n) is 4.01. The minimum absolute atomic E-state index is 0.433. The minimum Gasteiger partial charge on any atom is -0.480 e. The second kappa shape index (κ2) is 6.27. The van der Waals surface area contributed by atoms with Gasteiger partial charge in [0, 0.05) is 5.02 Å². The van der Waals surface area contributed by atoms with Gasteiger partial charge in [-0.15, -0.1) is 0 Å². The summed E-state index contributed by atoms with van der Waals surface area (Å²) in [4.78, 5) is 12.5. The predicted molar refractivity (Wildman–Crippen MR) is 91.9 cm³/mol. The Morgan fingerprint density at radius 1 is 0.739 bits per heavy atom. The summed E-state index contributed by atoms with van der Waals surface area (Å²) < 4.78 is 0. The third kappa shape index (κ3) is 2.51. The molecule has 0 aliphatic heterocycles. The lowest BCUT2D eigenvalue weighted by atomic mass is 9.69. The molecule has 23 heavy (non-hydrogen) atoms. The molecule has 0 radical (unpaired) electrons. The SMILES string of the molecule is O=C(O)C(c1ccccc1)(c1ccccc1)c1ccccc1Cl. The van der Waals surface area contributed by atoms with Crippen molar-refractivity contribution in [3.63, 3.8) is 0 Å². The standard InChI is InChI=1S/C20H15ClO2/c21-18-14-8-7-13-17(18)20(19(22)23,15-9-3-1-4-10-15)16-11-5-2-6-12-16/h1-14H,(H,22,23). The van der Waals surface area contributed by atoms with Crippen LogP contribution in [-0.4, -0.2) is 11.1 Å². The zero-order chi connectivity index (χ0) is 16.3. The van der Waals surface area contributed by atoms with Crippen LogP contribution in [0.25, 0.3) is 0 Å². The lowest BCUT2D eigenvalue weighted by Crippen LogP contribution is -2.38. The van der Waals surface area contributed by atoms with Crippen LogP contribution in [-0.2, 0) is 10.2 Å². The van der Waals surface area contributed by atoms with Crippen LogP contribution in [0.5, 0.6) is 0 Å². The highest BCUT2D eigenvalue weighted by Gasteiger charge is 2.45. The van der Waals surface area contributed by atoms with Crippen LogP contribution in [0.15, 0.2) is 84.9 Å². The van der Waals surface area contributed by atoms with Gasteiger partial charge in [-0.3, -0.25) is 4.79 Å². The molecule has 0 amide bonds. The van der Waals surface area contributed by atoms with E-state index in [4.69, 9.17) is 11.6 Å². The number of rotatable bonds is 4. The summed E-state index contributed by atoms with van der Waals surface area (Å²) in [6, 6.07) is 25.5. The van der Waals surface area contributed by atoms with Crippen molar-refractivity contribution in [1.82, 2.24) is 0 Å². The molecule has 0 bridgehead atoms. The zero-order valence-electron chi connectivity index (χ0n) is 12.3. The summed E-state index contributed by atoms with van der Waals surface area (Å²) in [5, 5.41) is 10.7. The lowest BCUT2D eigenvalue weighted by molar-refractivity contribution is -0.140. The van der Waals surface area contributed by atoms with Crippen molar-refractivity contribution in [3.05, 3.63) is 107 Å². The van der Waals surface area contributed by atoms with Crippen molar-refractivity contribution in [3.8, 4) is 0 Å². The molecular weight excluding hydrogens is 308 g/mol.